The van der Waals surface area contributed by atoms with Crippen molar-refractivity contribution in [3.63, 3.8) is 0 Å². The number of aliphatic carboxylic acids is 1. The van der Waals surface area contributed by atoms with Crippen molar-refractivity contribution >= 4 is 37.8 Å². The first-order valence-corrected chi connectivity index (χ1v) is 10.1. The van der Waals surface area contributed by atoms with Crippen molar-refractivity contribution < 1.29 is 23.4 Å². The Morgan fingerprint density at radius 2 is 1.89 bits per heavy atom. The van der Waals surface area contributed by atoms with Crippen LogP contribution in [0.2, 0.25) is 0 Å². The highest BCUT2D eigenvalue weighted by atomic mass is 79.9. The number of benzene rings is 2. The van der Waals surface area contributed by atoms with Gasteiger partial charge in [0.2, 0.25) is 0 Å². The number of nitrogens with zero attached hydrogens (tertiary/aromatic N) is 1. The topological polar surface area (TPSA) is 73.1 Å². The summed E-state index contributed by atoms with van der Waals surface area (Å²) in [5.41, 5.74) is -1.33. The second-order valence-corrected chi connectivity index (χ2v) is 8.68. The molecule has 0 heterocycles. The molecule has 146 valence electrons. The number of carbonyl (C=O) groups excluding carboxylic acids is 1. The Labute approximate surface area is 177 Å². The Hall–Kier alpha value is -1.98. The average Bonchev–Trinajstić information content (AvgIpc) is 3.39. The smallest absolute Gasteiger partial charge is 0.313 e. The van der Waals surface area contributed by atoms with Crippen LogP contribution < -0.4 is 9.84 Å². The third-order valence-electron chi connectivity index (χ3n) is 4.92. The average molecular weight is 514 g/mol. The number of rotatable bonds is 7. The van der Waals surface area contributed by atoms with Gasteiger partial charge in [0.05, 0.1) is 16.8 Å². The van der Waals surface area contributed by atoms with Crippen LogP contribution in [0.4, 0.5) is 8.78 Å². The summed E-state index contributed by atoms with van der Waals surface area (Å²) in [6.07, 6.45) is -0.0889. The molecule has 0 amide bonds. The van der Waals surface area contributed by atoms with E-state index in [0.29, 0.717) is 17.1 Å². The minimum Gasteiger partial charge on any atom is -0.549 e. The molecule has 1 aliphatic rings. The fraction of sp³-hybridized carbons (Fsp3) is 0.300. The lowest BCUT2D eigenvalue weighted by Crippen LogP contribution is -2.40. The van der Waals surface area contributed by atoms with Crippen molar-refractivity contribution in [1.29, 1.82) is 5.26 Å². The van der Waals surface area contributed by atoms with Gasteiger partial charge in [-0.15, -0.1) is 0 Å². The van der Waals surface area contributed by atoms with Crippen LogP contribution in [-0.2, 0) is 4.79 Å². The molecule has 0 saturated heterocycles. The van der Waals surface area contributed by atoms with Crippen molar-refractivity contribution in [2.24, 2.45) is 11.3 Å². The molecule has 0 bridgehead atoms. The minimum atomic E-state index is -3.31. The SMILES string of the molecule is N#CC(c1cccc(Oc2ccccc2)c1)C1(C(=O)[O-])CC1C(Br)C(F)(F)Br. The third-order valence-corrected chi connectivity index (χ3v) is 7.24. The summed E-state index contributed by atoms with van der Waals surface area (Å²) >= 11 is 5.14. The Morgan fingerprint density at radius 3 is 2.46 bits per heavy atom. The van der Waals surface area contributed by atoms with Gasteiger partial charge in [0.1, 0.15) is 11.5 Å². The Balaban J connectivity index is 1.92. The Bertz CT molecular complexity index is 914. The molecular weight excluding hydrogens is 500 g/mol. The minimum absolute atomic E-state index is 0.0889. The van der Waals surface area contributed by atoms with E-state index in [0.717, 1.165) is 0 Å². The molecule has 4 atom stereocenters. The van der Waals surface area contributed by atoms with E-state index in [1.165, 1.54) is 0 Å². The fourth-order valence-electron chi connectivity index (χ4n) is 3.45. The molecule has 0 aliphatic heterocycles. The summed E-state index contributed by atoms with van der Waals surface area (Å²) in [5, 5.41) is 21.6. The molecule has 0 radical (unpaired) electrons. The third kappa shape index (κ3) is 3.91. The molecule has 0 N–H and O–H groups in total. The monoisotopic (exact) mass is 512 g/mol. The highest BCUT2D eigenvalue weighted by Gasteiger charge is 2.66. The predicted octanol–water partition coefficient (Wildman–Crippen LogP) is 4.59. The van der Waals surface area contributed by atoms with Gasteiger partial charge in [-0.2, -0.15) is 14.0 Å². The van der Waals surface area contributed by atoms with Crippen LogP contribution in [0, 0.1) is 22.7 Å². The standard InChI is InChI=1S/C20H15Br2F2NO3/c21-17(20(22,23)24)15-10-19(15,18(26)27)16(11-25)12-5-4-8-14(9-12)28-13-6-2-1-3-7-13/h1-9,15-17H,10H2,(H,26,27)/p-1. The van der Waals surface area contributed by atoms with Crippen molar-refractivity contribution in [2.75, 3.05) is 0 Å². The van der Waals surface area contributed by atoms with E-state index in [9.17, 15) is 23.9 Å². The van der Waals surface area contributed by atoms with E-state index in [1.54, 1.807) is 48.5 Å². The van der Waals surface area contributed by atoms with Crippen molar-refractivity contribution in [3.8, 4) is 17.6 Å². The lowest BCUT2D eigenvalue weighted by atomic mass is 9.81. The summed E-state index contributed by atoms with van der Waals surface area (Å²) < 4.78 is 33.0. The fourth-order valence-corrected chi connectivity index (χ4v) is 4.43. The van der Waals surface area contributed by atoms with Gasteiger partial charge in [-0.3, -0.25) is 0 Å². The molecule has 1 fully saturated rings. The Morgan fingerprint density at radius 1 is 1.25 bits per heavy atom. The molecule has 3 rings (SSSR count). The van der Waals surface area contributed by atoms with E-state index in [1.807, 2.05) is 12.1 Å². The lowest BCUT2D eigenvalue weighted by molar-refractivity contribution is -0.315. The Kier molecular flexibility index (Phi) is 5.78. The van der Waals surface area contributed by atoms with Gasteiger partial charge in [0.15, 0.2) is 0 Å². The van der Waals surface area contributed by atoms with Gasteiger partial charge in [-0.25, -0.2) is 0 Å². The number of carboxylic acids is 1. The van der Waals surface area contributed by atoms with Crippen LogP contribution in [0.15, 0.2) is 54.6 Å². The van der Waals surface area contributed by atoms with Crippen LogP contribution in [0.5, 0.6) is 11.5 Å². The number of halogens is 4. The number of alkyl halides is 4. The maximum atomic E-state index is 13.6. The zero-order valence-corrected chi connectivity index (χ0v) is 17.5. The van der Waals surface area contributed by atoms with Crippen LogP contribution in [0.3, 0.4) is 0 Å². The highest BCUT2D eigenvalue weighted by Crippen LogP contribution is 2.65. The molecule has 2 aromatic rings. The zero-order chi connectivity index (χ0) is 20.5. The molecule has 0 spiro atoms. The first-order valence-electron chi connectivity index (χ1n) is 8.35. The number of hydrogen-bond donors (Lipinski definition) is 0. The predicted molar refractivity (Wildman–Crippen MR) is 103 cm³/mol. The van der Waals surface area contributed by atoms with Crippen LogP contribution >= 0.6 is 31.9 Å². The van der Waals surface area contributed by atoms with E-state index in [4.69, 9.17) is 4.74 Å². The van der Waals surface area contributed by atoms with E-state index >= 15 is 0 Å². The first-order chi connectivity index (χ1) is 13.2. The summed E-state index contributed by atoms with van der Waals surface area (Å²) in [6, 6.07) is 17.3. The summed E-state index contributed by atoms with van der Waals surface area (Å²) in [7, 11) is 0. The summed E-state index contributed by atoms with van der Waals surface area (Å²) in [4.78, 5) is 7.14. The van der Waals surface area contributed by atoms with Crippen molar-refractivity contribution in [2.45, 2.75) is 22.0 Å². The maximum Gasteiger partial charge on any atom is 0.313 e. The number of carboxylic acid groups (broad SMARTS) is 1. The first kappa shape index (κ1) is 20.7. The molecule has 4 unspecified atom stereocenters. The van der Waals surface area contributed by atoms with Gasteiger partial charge in [-0.1, -0.05) is 46.3 Å². The van der Waals surface area contributed by atoms with Crippen LogP contribution in [0.25, 0.3) is 0 Å². The highest BCUT2D eigenvalue weighted by molar-refractivity contribution is 9.12. The molecule has 8 heteroatoms. The molecular formula is C20H14Br2F2NO3-. The molecule has 4 nitrogen and oxygen atoms in total. The normalized spacial score (nSPS) is 23.3. The zero-order valence-electron chi connectivity index (χ0n) is 14.3. The van der Waals surface area contributed by atoms with Crippen molar-refractivity contribution in [3.05, 3.63) is 60.2 Å². The number of nitriles is 1. The summed E-state index contributed by atoms with van der Waals surface area (Å²) in [6.45, 7) is 0. The number of hydrogen-bond acceptors (Lipinski definition) is 4. The largest absolute Gasteiger partial charge is 0.549 e. The maximum absolute atomic E-state index is 13.6. The van der Waals surface area contributed by atoms with Gasteiger partial charge >= 0.3 is 4.83 Å². The number of ether oxygens (including phenoxy) is 1. The van der Waals surface area contributed by atoms with E-state index in [2.05, 4.69) is 31.9 Å². The number of carbonyl (C=O) groups is 1. The second-order valence-electron chi connectivity index (χ2n) is 6.63. The van der Waals surface area contributed by atoms with Crippen LogP contribution in [0.1, 0.15) is 17.9 Å². The van der Waals surface area contributed by atoms with Gasteiger partial charge in [-0.05, 0) is 58.1 Å². The van der Waals surface area contributed by atoms with Crippen LogP contribution in [-0.4, -0.2) is 15.6 Å². The molecule has 2 aromatic carbocycles. The number of para-hydroxylation sites is 1. The van der Waals surface area contributed by atoms with Gasteiger partial charge < -0.3 is 14.6 Å². The quantitative estimate of drug-likeness (QED) is 0.507. The van der Waals surface area contributed by atoms with E-state index < -0.39 is 32.9 Å². The second kappa shape index (κ2) is 7.80. The molecule has 28 heavy (non-hydrogen) atoms. The molecule has 1 saturated carbocycles. The van der Waals surface area contributed by atoms with Gasteiger partial charge in [0.25, 0.3) is 0 Å². The van der Waals surface area contributed by atoms with Crippen molar-refractivity contribution in [1.82, 2.24) is 0 Å². The molecule has 0 aromatic heterocycles. The molecule has 1 aliphatic carbocycles. The van der Waals surface area contributed by atoms with E-state index in [-0.39, 0.29) is 6.42 Å². The van der Waals surface area contributed by atoms with Gasteiger partial charge in [0, 0.05) is 11.4 Å². The summed E-state index contributed by atoms with van der Waals surface area (Å²) in [5.74, 6) is -2.64. The lowest BCUT2D eigenvalue weighted by Gasteiger charge is -2.27.